The van der Waals surface area contributed by atoms with Gasteiger partial charge in [-0.15, -0.1) is 0 Å². The molecule has 0 aliphatic heterocycles. The van der Waals surface area contributed by atoms with Gasteiger partial charge in [0.05, 0.1) is 12.1 Å². The van der Waals surface area contributed by atoms with Crippen molar-refractivity contribution >= 4 is 0 Å². The summed E-state index contributed by atoms with van der Waals surface area (Å²) in [4.78, 5) is 0. The Morgan fingerprint density at radius 2 is 1.88 bits per heavy atom. The fourth-order valence-corrected chi connectivity index (χ4v) is 3.02. The fraction of sp³-hybridized carbons (Fsp3) is 1.00. The number of nitrogens with one attached hydrogen (secondary N) is 1. The van der Waals surface area contributed by atoms with Gasteiger partial charge in [0.15, 0.2) is 0 Å². The van der Waals surface area contributed by atoms with Crippen LogP contribution in [0.5, 0.6) is 0 Å². The fourth-order valence-electron chi connectivity index (χ4n) is 3.02. The van der Waals surface area contributed by atoms with Crippen LogP contribution in [0.25, 0.3) is 0 Å². The van der Waals surface area contributed by atoms with Crippen LogP contribution in [0.15, 0.2) is 0 Å². The van der Waals surface area contributed by atoms with Gasteiger partial charge >= 0.3 is 0 Å². The predicted octanol–water partition coefficient (Wildman–Crippen LogP) is 2.85. The number of hydrazine groups is 1. The van der Waals surface area contributed by atoms with E-state index in [1.54, 1.807) is 0 Å². The molecule has 1 rings (SSSR count). The molecule has 0 spiro atoms. The Morgan fingerprint density at radius 3 is 2.35 bits per heavy atom. The van der Waals surface area contributed by atoms with E-state index in [-0.39, 0.29) is 0 Å². The minimum Gasteiger partial charge on any atom is -0.377 e. The zero-order valence-corrected chi connectivity index (χ0v) is 11.7. The summed E-state index contributed by atoms with van der Waals surface area (Å²) in [6, 6.07) is 0.294. The highest BCUT2D eigenvalue weighted by Crippen LogP contribution is 2.31. The average molecular weight is 242 g/mol. The molecule has 0 aromatic carbocycles. The highest BCUT2D eigenvalue weighted by atomic mass is 16.5. The van der Waals surface area contributed by atoms with E-state index < -0.39 is 0 Å². The molecule has 0 aromatic heterocycles. The third kappa shape index (κ3) is 4.23. The average Bonchev–Trinajstić information content (AvgIpc) is 2.39. The van der Waals surface area contributed by atoms with Gasteiger partial charge in [0, 0.05) is 6.61 Å². The van der Waals surface area contributed by atoms with Gasteiger partial charge in [-0.3, -0.25) is 11.3 Å². The maximum Gasteiger partial charge on any atom is 0.0771 e. The Kier molecular flexibility index (Phi) is 7.09. The summed E-state index contributed by atoms with van der Waals surface area (Å²) in [5.41, 5.74) is 3.01. The Hall–Kier alpha value is -0.120. The molecule has 1 aliphatic carbocycles. The van der Waals surface area contributed by atoms with Crippen LogP contribution in [0.1, 0.15) is 59.3 Å². The monoisotopic (exact) mass is 242 g/mol. The quantitative estimate of drug-likeness (QED) is 0.533. The highest BCUT2D eigenvalue weighted by molar-refractivity contribution is 4.86. The van der Waals surface area contributed by atoms with E-state index in [1.165, 1.54) is 32.1 Å². The van der Waals surface area contributed by atoms with Gasteiger partial charge in [0.25, 0.3) is 0 Å². The summed E-state index contributed by atoms with van der Waals surface area (Å²) in [6.07, 6.45) is 8.14. The molecule has 3 atom stereocenters. The van der Waals surface area contributed by atoms with Gasteiger partial charge in [0.1, 0.15) is 0 Å². The lowest BCUT2D eigenvalue weighted by atomic mass is 9.79. The number of rotatable bonds is 7. The molecule has 3 N–H and O–H groups in total. The molecule has 0 radical (unpaired) electrons. The topological polar surface area (TPSA) is 47.3 Å². The smallest absolute Gasteiger partial charge is 0.0771 e. The Labute approximate surface area is 106 Å². The summed E-state index contributed by atoms with van der Waals surface area (Å²) in [5, 5.41) is 0. The lowest BCUT2D eigenvalue weighted by Gasteiger charge is -2.37. The third-order valence-corrected chi connectivity index (χ3v) is 4.28. The van der Waals surface area contributed by atoms with Crippen LogP contribution in [0.3, 0.4) is 0 Å². The second-order valence-electron chi connectivity index (χ2n) is 5.40. The molecule has 0 saturated heterocycles. The van der Waals surface area contributed by atoms with Crippen molar-refractivity contribution in [2.75, 3.05) is 6.61 Å². The summed E-state index contributed by atoms with van der Waals surface area (Å²) in [5.74, 6) is 7.02. The molecule has 1 saturated carbocycles. The lowest BCUT2D eigenvalue weighted by Crippen LogP contribution is -2.52. The lowest BCUT2D eigenvalue weighted by molar-refractivity contribution is -0.0300. The van der Waals surface area contributed by atoms with Crippen molar-refractivity contribution < 1.29 is 4.74 Å². The van der Waals surface area contributed by atoms with Crippen molar-refractivity contribution in [3.8, 4) is 0 Å². The van der Waals surface area contributed by atoms with Gasteiger partial charge in [-0.1, -0.05) is 39.5 Å². The second kappa shape index (κ2) is 8.06. The van der Waals surface area contributed by atoms with Crippen LogP contribution in [0, 0.1) is 11.8 Å². The second-order valence-corrected chi connectivity index (χ2v) is 5.40. The molecule has 0 bridgehead atoms. The number of ether oxygens (including phenoxy) is 1. The van der Waals surface area contributed by atoms with E-state index in [0.717, 1.165) is 13.0 Å². The zero-order valence-electron chi connectivity index (χ0n) is 11.7. The number of hydrogen-bond acceptors (Lipinski definition) is 3. The summed E-state index contributed by atoms with van der Waals surface area (Å²) in [6.45, 7) is 7.36. The van der Waals surface area contributed by atoms with Crippen LogP contribution in [-0.2, 0) is 4.74 Å². The van der Waals surface area contributed by atoms with E-state index >= 15 is 0 Å². The molecule has 102 valence electrons. The van der Waals surface area contributed by atoms with E-state index in [0.29, 0.717) is 24.0 Å². The van der Waals surface area contributed by atoms with Gasteiger partial charge in [-0.2, -0.15) is 0 Å². The molecule has 0 amide bonds. The van der Waals surface area contributed by atoms with E-state index in [4.69, 9.17) is 10.6 Å². The Bertz CT molecular complexity index is 193. The third-order valence-electron chi connectivity index (χ3n) is 4.28. The normalized spacial score (nSPS) is 23.3. The van der Waals surface area contributed by atoms with Crippen LogP contribution in [-0.4, -0.2) is 18.8 Å². The molecule has 3 heteroatoms. The van der Waals surface area contributed by atoms with Crippen molar-refractivity contribution in [2.24, 2.45) is 17.7 Å². The first-order valence-corrected chi connectivity index (χ1v) is 7.32. The van der Waals surface area contributed by atoms with Gasteiger partial charge in [-0.05, 0) is 31.6 Å². The van der Waals surface area contributed by atoms with Crippen molar-refractivity contribution in [3.05, 3.63) is 0 Å². The maximum atomic E-state index is 6.01. The molecule has 0 heterocycles. The summed E-state index contributed by atoms with van der Waals surface area (Å²) in [7, 11) is 0. The highest BCUT2D eigenvalue weighted by Gasteiger charge is 2.33. The van der Waals surface area contributed by atoms with Crippen molar-refractivity contribution in [3.63, 3.8) is 0 Å². The predicted molar refractivity (Wildman–Crippen MR) is 72.6 cm³/mol. The first kappa shape index (κ1) is 14.9. The maximum absolute atomic E-state index is 6.01. The van der Waals surface area contributed by atoms with Gasteiger partial charge in [0.2, 0.25) is 0 Å². The van der Waals surface area contributed by atoms with E-state index in [1.807, 2.05) is 0 Å². The standard InChI is InChI=1S/C14H30N2O/c1-4-11(3)13(16-15)14(17-5-2)12-9-7-6-8-10-12/h11-14,16H,4-10,15H2,1-3H3. The van der Waals surface area contributed by atoms with Gasteiger partial charge in [-0.25, -0.2) is 0 Å². The molecule has 17 heavy (non-hydrogen) atoms. The molecule has 0 aromatic rings. The molecular formula is C14H30N2O. The Morgan fingerprint density at radius 1 is 1.24 bits per heavy atom. The Balaban J connectivity index is 2.66. The van der Waals surface area contributed by atoms with Crippen LogP contribution >= 0.6 is 0 Å². The van der Waals surface area contributed by atoms with E-state index in [2.05, 4.69) is 26.2 Å². The summed E-state index contributed by atoms with van der Waals surface area (Å²) >= 11 is 0. The molecule has 1 aliphatic rings. The molecule has 1 fully saturated rings. The largest absolute Gasteiger partial charge is 0.377 e. The molecule has 3 unspecified atom stereocenters. The van der Waals surface area contributed by atoms with Crippen molar-refractivity contribution in [1.82, 2.24) is 5.43 Å². The zero-order chi connectivity index (χ0) is 12.7. The molecular weight excluding hydrogens is 212 g/mol. The first-order chi connectivity index (χ1) is 8.24. The van der Waals surface area contributed by atoms with Crippen molar-refractivity contribution in [1.29, 1.82) is 0 Å². The van der Waals surface area contributed by atoms with Crippen LogP contribution < -0.4 is 11.3 Å². The van der Waals surface area contributed by atoms with Crippen molar-refractivity contribution in [2.45, 2.75) is 71.4 Å². The number of hydrogen-bond donors (Lipinski definition) is 2. The summed E-state index contributed by atoms with van der Waals surface area (Å²) < 4.78 is 6.01. The minimum atomic E-state index is 0.292. The van der Waals surface area contributed by atoms with Crippen LogP contribution in [0.2, 0.25) is 0 Å². The van der Waals surface area contributed by atoms with Crippen LogP contribution in [0.4, 0.5) is 0 Å². The van der Waals surface area contributed by atoms with Gasteiger partial charge < -0.3 is 4.74 Å². The number of nitrogens with two attached hydrogens (primary N) is 1. The van der Waals surface area contributed by atoms with E-state index in [9.17, 15) is 0 Å². The molecule has 3 nitrogen and oxygen atoms in total. The SMILES string of the molecule is CCOC(C1CCCCC1)C(NN)C(C)CC. The minimum absolute atomic E-state index is 0.292. The first-order valence-electron chi connectivity index (χ1n) is 7.32.